The van der Waals surface area contributed by atoms with Crippen molar-refractivity contribution >= 4 is 11.3 Å². The van der Waals surface area contributed by atoms with Crippen LogP contribution in [0.4, 0.5) is 0 Å². The summed E-state index contributed by atoms with van der Waals surface area (Å²) in [6, 6.07) is 0.555. The highest BCUT2D eigenvalue weighted by atomic mass is 32.1. The molecule has 0 amide bonds. The number of nitrogens with zero attached hydrogens (tertiary/aromatic N) is 1. The van der Waals surface area contributed by atoms with Crippen LogP contribution in [-0.4, -0.2) is 17.6 Å². The van der Waals surface area contributed by atoms with Crippen molar-refractivity contribution in [2.24, 2.45) is 0 Å². The molecule has 19 heavy (non-hydrogen) atoms. The first kappa shape index (κ1) is 14.7. The van der Waals surface area contributed by atoms with E-state index >= 15 is 0 Å². The molecule has 0 spiro atoms. The van der Waals surface area contributed by atoms with E-state index in [9.17, 15) is 0 Å². The Morgan fingerprint density at radius 3 is 2.74 bits per heavy atom. The second kappa shape index (κ2) is 7.20. The lowest BCUT2D eigenvalue weighted by atomic mass is 9.93. The van der Waals surface area contributed by atoms with Gasteiger partial charge in [-0.1, -0.05) is 18.6 Å². The first-order chi connectivity index (χ1) is 9.19. The number of aromatic nitrogens is 1. The van der Waals surface area contributed by atoms with Crippen LogP contribution >= 0.6 is 11.3 Å². The third-order valence-corrected chi connectivity index (χ3v) is 4.98. The summed E-state index contributed by atoms with van der Waals surface area (Å²) in [5, 5.41) is 4.92. The van der Waals surface area contributed by atoms with Crippen molar-refractivity contribution in [2.45, 2.75) is 65.3 Å². The molecule has 2 nitrogen and oxygen atoms in total. The molecule has 0 fully saturated rings. The van der Waals surface area contributed by atoms with Gasteiger partial charge in [0.1, 0.15) is 0 Å². The monoisotopic (exact) mass is 278 g/mol. The number of thiazole rings is 1. The van der Waals surface area contributed by atoms with Gasteiger partial charge < -0.3 is 5.32 Å². The molecule has 0 radical (unpaired) electrons. The van der Waals surface area contributed by atoms with Gasteiger partial charge >= 0.3 is 0 Å². The minimum atomic E-state index is 0.555. The maximum absolute atomic E-state index is 4.68. The topological polar surface area (TPSA) is 24.9 Å². The molecule has 106 valence electrons. The summed E-state index contributed by atoms with van der Waals surface area (Å²) < 4.78 is 0. The fraction of sp³-hybridized carbons (Fsp3) is 0.688. The summed E-state index contributed by atoms with van der Waals surface area (Å²) in [5.41, 5.74) is 2.86. The molecule has 1 aliphatic carbocycles. The highest BCUT2D eigenvalue weighted by Gasteiger charge is 2.15. The van der Waals surface area contributed by atoms with Gasteiger partial charge in [-0.05, 0) is 52.5 Å². The first-order valence-corrected chi connectivity index (χ1v) is 8.35. The van der Waals surface area contributed by atoms with Crippen molar-refractivity contribution in [1.82, 2.24) is 10.3 Å². The number of rotatable bonds is 6. The Morgan fingerprint density at radius 2 is 2.16 bits per heavy atom. The Labute approximate surface area is 121 Å². The Kier molecular flexibility index (Phi) is 5.59. The zero-order valence-corrected chi connectivity index (χ0v) is 13.3. The molecule has 1 aromatic rings. The van der Waals surface area contributed by atoms with Crippen LogP contribution in [0.3, 0.4) is 0 Å². The molecule has 0 aromatic carbocycles. The van der Waals surface area contributed by atoms with E-state index in [-0.39, 0.29) is 0 Å². The fourth-order valence-corrected chi connectivity index (χ4v) is 3.76. The fourth-order valence-electron chi connectivity index (χ4n) is 2.75. The highest BCUT2D eigenvalue weighted by molar-refractivity contribution is 7.11. The van der Waals surface area contributed by atoms with Crippen molar-refractivity contribution in [3.63, 3.8) is 0 Å². The number of hydrogen-bond donors (Lipinski definition) is 1. The van der Waals surface area contributed by atoms with E-state index in [0.29, 0.717) is 6.04 Å². The van der Waals surface area contributed by atoms with Gasteiger partial charge in [-0.15, -0.1) is 11.3 Å². The SMILES string of the molecule is CCNC(CC1=CCCCC1)Cc1nc(C)c(C)s1. The zero-order chi connectivity index (χ0) is 13.7. The Bertz CT molecular complexity index is 414. The van der Waals surface area contributed by atoms with Gasteiger partial charge in [0.25, 0.3) is 0 Å². The third kappa shape index (κ3) is 4.43. The van der Waals surface area contributed by atoms with E-state index in [0.717, 1.165) is 13.0 Å². The van der Waals surface area contributed by atoms with Crippen molar-refractivity contribution in [2.75, 3.05) is 6.54 Å². The van der Waals surface area contributed by atoms with Gasteiger partial charge in [-0.3, -0.25) is 0 Å². The highest BCUT2D eigenvalue weighted by Crippen LogP contribution is 2.24. The lowest BCUT2D eigenvalue weighted by Gasteiger charge is -2.20. The number of likely N-dealkylation sites (N-methyl/N-ethyl adjacent to an activating group) is 1. The predicted octanol–water partition coefficient (Wildman–Crippen LogP) is 4.17. The molecular formula is C16H26N2S. The van der Waals surface area contributed by atoms with Crippen LogP contribution in [0.15, 0.2) is 11.6 Å². The lowest BCUT2D eigenvalue weighted by molar-refractivity contribution is 0.503. The lowest BCUT2D eigenvalue weighted by Crippen LogP contribution is -2.31. The van der Waals surface area contributed by atoms with Gasteiger partial charge in [0, 0.05) is 17.3 Å². The molecule has 1 heterocycles. The normalized spacial score (nSPS) is 17.3. The molecular weight excluding hydrogens is 252 g/mol. The van der Waals surface area contributed by atoms with Crippen LogP contribution in [0.25, 0.3) is 0 Å². The molecule has 1 N–H and O–H groups in total. The minimum absolute atomic E-state index is 0.555. The van der Waals surface area contributed by atoms with Crippen LogP contribution < -0.4 is 5.32 Å². The number of hydrogen-bond acceptors (Lipinski definition) is 3. The van der Waals surface area contributed by atoms with Crippen LogP contribution in [-0.2, 0) is 6.42 Å². The quantitative estimate of drug-likeness (QED) is 0.790. The Hall–Kier alpha value is -0.670. The van der Waals surface area contributed by atoms with Gasteiger partial charge in [0.05, 0.1) is 10.7 Å². The smallest absolute Gasteiger partial charge is 0.0946 e. The van der Waals surface area contributed by atoms with Gasteiger partial charge in [0.2, 0.25) is 0 Å². The molecule has 3 heteroatoms. The second-order valence-corrected chi connectivity index (χ2v) is 6.81. The third-order valence-electron chi connectivity index (χ3n) is 3.88. The molecule has 1 aromatic heterocycles. The van der Waals surface area contributed by atoms with Crippen molar-refractivity contribution in [3.8, 4) is 0 Å². The van der Waals surface area contributed by atoms with E-state index in [1.54, 1.807) is 5.57 Å². The van der Waals surface area contributed by atoms with Crippen molar-refractivity contribution < 1.29 is 0 Å². The van der Waals surface area contributed by atoms with Gasteiger partial charge in [-0.2, -0.15) is 0 Å². The van der Waals surface area contributed by atoms with Gasteiger partial charge in [0.15, 0.2) is 0 Å². The van der Waals surface area contributed by atoms with E-state index in [4.69, 9.17) is 0 Å². The number of aryl methyl sites for hydroxylation is 2. The van der Waals surface area contributed by atoms with Gasteiger partial charge in [-0.25, -0.2) is 4.98 Å². The Morgan fingerprint density at radius 1 is 1.32 bits per heavy atom. The standard InChI is InChI=1S/C16H26N2S/c1-4-17-15(10-14-8-6-5-7-9-14)11-16-18-12(2)13(3)19-16/h8,15,17H,4-7,9-11H2,1-3H3. The molecule has 0 bridgehead atoms. The van der Waals surface area contributed by atoms with Crippen LogP contribution in [0, 0.1) is 13.8 Å². The molecule has 1 unspecified atom stereocenters. The van der Waals surface area contributed by atoms with Crippen LogP contribution in [0.1, 0.15) is 54.6 Å². The summed E-state index contributed by atoms with van der Waals surface area (Å²) >= 11 is 1.86. The summed E-state index contributed by atoms with van der Waals surface area (Å²) in [7, 11) is 0. The van der Waals surface area contributed by atoms with Crippen molar-refractivity contribution in [1.29, 1.82) is 0 Å². The summed E-state index contributed by atoms with van der Waals surface area (Å²) in [6.45, 7) is 7.52. The van der Waals surface area contributed by atoms with E-state index in [1.165, 1.54) is 47.7 Å². The molecule has 1 atom stereocenters. The minimum Gasteiger partial charge on any atom is -0.314 e. The van der Waals surface area contributed by atoms with E-state index in [2.05, 4.69) is 37.1 Å². The predicted molar refractivity (Wildman–Crippen MR) is 83.9 cm³/mol. The van der Waals surface area contributed by atoms with Crippen molar-refractivity contribution in [3.05, 3.63) is 27.2 Å². The summed E-state index contributed by atoms with van der Waals surface area (Å²) in [6.07, 6.45) is 10.1. The molecule has 2 rings (SSSR count). The summed E-state index contributed by atoms with van der Waals surface area (Å²) in [5.74, 6) is 0. The maximum atomic E-state index is 4.68. The largest absolute Gasteiger partial charge is 0.314 e. The number of allylic oxidation sites excluding steroid dienone is 1. The molecule has 0 saturated heterocycles. The molecule has 0 aliphatic heterocycles. The average molecular weight is 278 g/mol. The summed E-state index contributed by atoms with van der Waals surface area (Å²) in [4.78, 5) is 6.05. The van der Waals surface area contributed by atoms with E-state index in [1.807, 2.05) is 11.3 Å². The van der Waals surface area contributed by atoms with Crippen LogP contribution in [0.2, 0.25) is 0 Å². The second-order valence-electron chi connectivity index (χ2n) is 5.52. The molecule has 1 aliphatic rings. The Balaban J connectivity index is 1.97. The average Bonchev–Trinajstić information content (AvgIpc) is 2.70. The molecule has 0 saturated carbocycles. The van der Waals surface area contributed by atoms with E-state index < -0.39 is 0 Å². The maximum Gasteiger partial charge on any atom is 0.0946 e. The zero-order valence-electron chi connectivity index (χ0n) is 12.5. The number of nitrogens with one attached hydrogen (secondary N) is 1. The van der Waals surface area contributed by atoms with Crippen LogP contribution in [0.5, 0.6) is 0 Å². The first-order valence-electron chi connectivity index (χ1n) is 7.53.